The van der Waals surface area contributed by atoms with Crippen molar-refractivity contribution in [2.45, 2.75) is 18.7 Å². The van der Waals surface area contributed by atoms with Crippen molar-refractivity contribution < 1.29 is 13.2 Å². The highest BCUT2D eigenvalue weighted by Gasteiger charge is 2.15. The number of amides is 1. The molecule has 0 aliphatic heterocycles. The number of sulfonamides is 1. The number of nitrogens with two attached hydrogens (primary N) is 1. The summed E-state index contributed by atoms with van der Waals surface area (Å²) in [6.45, 7) is 3.61. The number of rotatable bonds is 3. The number of carbonyl (C=O) groups is 1. The molecule has 0 heterocycles. The molecule has 0 bridgehead atoms. The largest absolute Gasteiger partial charge is 0.315 e. The number of hydrogen-bond acceptors (Lipinski definition) is 3. The SMILES string of the molecule is CC(C)C(=O)N(C)c1ccc(S(N)(=O)=O)cc1. The summed E-state index contributed by atoms with van der Waals surface area (Å²) in [6, 6.07) is 5.88. The van der Waals surface area contributed by atoms with E-state index in [4.69, 9.17) is 5.14 Å². The molecule has 17 heavy (non-hydrogen) atoms. The molecule has 0 aromatic heterocycles. The van der Waals surface area contributed by atoms with Crippen LogP contribution in [-0.2, 0) is 14.8 Å². The molecule has 1 rings (SSSR count). The van der Waals surface area contributed by atoms with E-state index in [1.165, 1.54) is 17.0 Å². The molecule has 0 saturated heterocycles. The van der Waals surface area contributed by atoms with Gasteiger partial charge in [-0.25, -0.2) is 13.6 Å². The van der Waals surface area contributed by atoms with Gasteiger partial charge >= 0.3 is 0 Å². The highest BCUT2D eigenvalue weighted by Crippen LogP contribution is 2.17. The zero-order chi connectivity index (χ0) is 13.2. The Morgan fingerprint density at radius 1 is 1.24 bits per heavy atom. The van der Waals surface area contributed by atoms with Crippen LogP contribution in [0.2, 0.25) is 0 Å². The van der Waals surface area contributed by atoms with Crippen LogP contribution >= 0.6 is 0 Å². The molecule has 94 valence electrons. The van der Waals surface area contributed by atoms with Crippen LogP contribution < -0.4 is 10.0 Å². The molecule has 0 spiro atoms. The summed E-state index contributed by atoms with van der Waals surface area (Å²) in [5, 5.41) is 4.98. The van der Waals surface area contributed by atoms with Gasteiger partial charge in [0, 0.05) is 18.7 Å². The third-order valence-electron chi connectivity index (χ3n) is 2.38. The Hall–Kier alpha value is -1.40. The summed E-state index contributed by atoms with van der Waals surface area (Å²) in [4.78, 5) is 13.2. The smallest absolute Gasteiger partial charge is 0.238 e. The Morgan fingerprint density at radius 3 is 2.06 bits per heavy atom. The fraction of sp³-hybridized carbons (Fsp3) is 0.364. The van der Waals surface area contributed by atoms with Crippen molar-refractivity contribution in [3.8, 4) is 0 Å². The Morgan fingerprint density at radius 2 is 1.71 bits per heavy atom. The van der Waals surface area contributed by atoms with Crippen LogP contribution in [0.4, 0.5) is 5.69 Å². The van der Waals surface area contributed by atoms with Gasteiger partial charge in [0.05, 0.1) is 4.90 Å². The van der Waals surface area contributed by atoms with E-state index >= 15 is 0 Å². The number of anilines is 1. The maximum Gasteiger partial charge on any atom is 0.238 e. The highest BCUT2D eigenvalue weighted by atomic mass is 32.2. The summed E-state index contributed by atoms with van der Waals surface area (Å²) in [5.41, 5.74) is 0.635. The average Bonchev–Trinajstić information content (AvgIpc) is 2.26. The van der Waals surface area contributed by atoms with Crippen LogP contribution in [-0.4, -0.2) is 21.4 Å². The third kappa shape index (κ3) is 3.28. The fourth-order valence-corrected chi connectivity index (χ4v) is 1.89. The molecule has 1 amide bonds. The summed E-state index contributed by atoms with van der Waals surface area (Å²) >= 11 is 0. The lowest BCUT2D eigenvalue weighted by Crippen LogP contribution is -2.30. The minimum absolute atomic E-state index is 0.0339. The molecule has 0 unspecified atom stereocenters. The fourth-order valence-electron chi connectivity index (χ4n) is 1.37. The van der Waals surface area contributed by atoms with Gasteiger partial charge in [0.2, 0.25) is 15.9 Å². The summed E-state index contributed by atoms with van der Waals surface area (Å²) < 4.78 is 22.1. The number of primary sulfonamides is 1. The van der Waals surface area contributed by atoms with Crippen molar-refractivity contribution in [1.29, 1.82) is 0 Å². The molecular formula is C11H16N2O3S. The van der Waals surface area contributed by atoms with Gasteiger partial charge in [0.1, 0.15) is 0 Å². The average molecular weight is 256 g/mol. The van der Waals surface area contributed by atoms with Gasteiger partial charge in [-0.2, -0.15) is 0 Å². The normalized spacial score (nSPS) is 11.6. The topological polar surface area (TPSA) is 80.5 Å². The second-order valence-corrected chi connectivity index (χ2v) is 5.65. The van der Waals surface area contributed by atoms with Gasteiger partial charge in [-0.15, -0.1) is 0 Å². The molecular weight excluding hydrogens is 240 g/mol. The second-order valence-electron chi connectivity index (χ2n) is 4.09. The van der Waals surface area contributed by atoms with Gasteiger partial charge in [0.15, 0.2) is 0 Å². The predicted octanol–water partition coefficient (Wildman–Crippen LogP) is 0.953. The van der Waals surface area contributed by atoms with Crippen LogP contribution in [0, 0.1) is 5.92 Å². The van der Waals surface area contributed by atoms with Gasteiger partial charge in [-0.3, -0.25) is 4.79 Å². The third-order valence-corrected chi connectivity index (χ3v) is 3.31. The van der Waals surface area contributed by atoms with E-state index in [1.807, 2.05) is 0 Å². The quantitative estimate of drug-likeness (QED) is 0.874. The van der Waals surface area contributed by atoms with Crippen molar-refractivity contribution in [3.63, 3.8) is 0 Å². The maximum absolute atomic E-state index is 11.7. The Kier molecular flexibility index (Phi) is 3.90. The molecule has 2 N–H and O–H groups in total. The van der Waals surface area contributed by atoms with E-state index in [1.54, 1.807) is 33.0 Å². The lowest BCUT2D eigenvalue weighted by atomic mass is 10.2. The van der Waals surface area contributed by atoms with E-state index in [0.29, 0.717) is 5.69 Å². The first kappa shape index (κ1) is 13.7. The Balaban J connectivity index is 3.00. The molecule has 0 atom stereocenters. The monoisotopic (exact) mass is 256 g/mol. The summed E-state index contributed by atoms with van der Waals surface area (Å²) in [6.07, 6.45) is 0. The van der Waals surface area contributed by atoms with Crippen molar-refractivity contribution in [3.05, 3.63) is 24.3 Å². The first-order chi connectivity index (χ1) is 7.73. The summed E-state index contributed by atoms with van der Waals surface area (Å²) in [7, 11) is -2.04. The molecule has 1 aromatic carbocycles. The van der Waals surface area contributed by atoms with Crippen LogP contribution in [0.3, 0.4) is 0 Å². The van der Waals surface area contributed by atoms with E-state index in [9.17, 15) is 13.2 Å². The van der Waals surface area contributed by atoms with Crippen LogP contribution in [0.25, 0.3) is 0 Å². The second kappa shape index (κ2) is 4.85. The van der Waals surface area contributed by atoms with Crippen LogP contribution in [0.5, 0.6) is 0 Å². The minimum Gasteiger partial charge on any atom is -0.315 e. The van der Waals surface area contributed by atoms with Gasteiger partial charge in [-0.05, 0) is 24.3 Å². The lowest BCUT2D eigenvalue weighted by molar-refractivity contribution is -0.121. The molecule has 0 saturated carbocycles. The highest BCUT2D eigenvalue weighted by molar-refractivity contribution is 7.89. The van der Waals surface area contributed by atoms with E-state index in [0.717, 1.165) is 0 Å². The van der Waals surface area contributed by atoms with Crippen molar-refractivity contribution in [1.82, 2.24) is 0 Å². The van der Waals surface area contributed by atoms with Crippen molar-refractivity contribution in [2.24, 2.45) is 11.1 Å². The number of hydrogen-bond donors (Lipinski definition) is 1. The number of carbonyl (C=O) groups excluding carboxylic acids is 1. The van der Waals surface area contributed by atoms with E-state index < -0.39 is 10.0 Å². The zero-order valence-electron chi connectivity index (χ0n) is 10.0. The van der Waals surface area contributed by atoms with Gasteiger partial charge in [0.25, 0.3) is 0 Å². The Labute approximate surface area is 101 Å². The lowest BCUT2D eigenvalue weighted by Gasteiger charge is -2.19. The van der Waals surface area contributed by atoms with E-state index in [-0.39, 0.29) is 16.7 Å². The van der Waals surface area contributed by atoms with Crippen molar-refractivity contribution in [2.75, 3.05) is 11.9 Å². The van der Waals surface area contributed by atoms with Gasteiger partial charge < -0.3 is 4.90 Å². The molecule has 5 nitrogen and oxygen atoms in total. The molecule has 1 aromatic rings. The standard InChI is InChI=1S/C11H16N2O3S/c1-8(2)11(14)13(3)9-4-6-10(7-5-9)17(12,15)16/h4-8H,1-3H3,(H2,12,15,16). The van der Waals surface area contributed by atoms with E-state index in [2.05, 4.69) is 0 Å². The molecule has 0 aliphatic carbocycles. The maximum atomic E-state index is 11.7. The minimum atomic E-state index is -3.69. The number of benzene rings is 1. The first-order valence-corrected chi connectivity index (χ1v) is 6.68. The van der Waals surface area contributed by atoms with Crippen molar-refractivity contribution >= 4 is 21.6 Å². The van der Waals surface area contributed by atoms with Crippen LogP contribution in [0.15, 0.2) is 29.2 Å². The van der Waals surface area contributed by atoms with Gasteiger partial charge in [-0.1, -0.05) is 13.8 Å². The zero-order valence-corrected chi connectivity index (χ0v) is 10.9. The first-order valence-electron chi connectivity index (χ1n) is 5.14. The molecule has 0 fully saturated rings. The molecule has 0 aliphatic rings. The predicted molar refractivity (Wildman–Crippen MR) is 66.1 cm³/mol. The summed E-state index contributed by atoms with van der Waals surface area (Å²) in [5.74, 6) is -0.147. The number of nitrogens with zero attached hydrogens (tertiary/aromatic N) is 1. The molecule has 0 radical (unpaired) electrons. The Bertz CT molecular complexity index is 506. The molecule has 6 heteroatoms. The van der Waals surface area contributed by atoms with Crippen LogP contribution in [0.1, 0.15) is 13.8 Å².